The van der Waals surface area contributed by atoms with Crippen LogP contribution in [-0.2, 0) is 9.59 Å². The molecule has 1 aliphatic heterocycles. The predicted molar refractivity (Wildman–Crippen MR) is 69.4 cm³/mol. The zero-order valence-corrected chi connectivity index (χ0v) is 11.0. The number of carbonyl (C=O) groups excluding carboxylic acids is 2. The Morgan fingerprint density at radius 1 is 1.16 bits per heavy atom. The number of amides is 2. The Labute approximate surface area is 114 Å². The van der Waals surface area contributed by atoms with Crippen LogP contribution >= 0.6 is 11.3 Å². The highest BCUT2D eigenvalue weighted by atomic mass is 32.1. The Bertz CT molecular complexity index is 598. The molecule has 0 unspecified atom stereocenters. The van der Waals surface area contributed by atoms with Crippen molar-refractivity contribution in [2.24, 2.45) is 29.1 Å². The van der Waals surface area contributed by atoms with Gasteiger partial charge < -0.3 is 0 Å². The second-order valence-electron chi connectivity index (χ2n) is 6.05. The molecule has 2 saturated carbocycles. The van der Waals surface area contributed by atoms with Crippen LogP contribution in [0.5, 0.6) is 0 Å². The molecule has 19 heavy (non-hydrogen) atoms. The topological polar surface area (TPSA) is 50.3 Å². The molecule has 1 spiro atoms. The fraction of sp³-hybridized carbons (Fsp3) is 0.500. The number of nitrogens with zero attached hydrogens (tertiary/aromatic N) is 2. The highest BCUT2D eigenvalue weighted by molar-refractivity contribution is 7.14. The summed E-state index contributed by atoms with van der Waals surface area (Å²) in [6, 6.07) is 0. The van der Waals surface area contributed by atoms with E-state index in [-0.39, 0.29) is 29.1 Å². The molecule has 2 amide bonds. The van der Waals surface area contributed by atoms with Crippen molar-refractivity contribution in [3.8, 4) is 0 Å². The molecule has 5 rings (SSSR count). The molecule has 1 aromatic heterocycles. The van der Waals surface area contributed by atoms with Crippen molar-refractivity contribution in [1.29, 1.82) is 0 Å². The van der Waals surface area contributed by atoms with Crippen molar-refractivity contribution in [3.05, 3.63) is 23.7 Å². The number of anilines is 1. The maximum Gasteiger partial charge on any atom is 0.240 e. The van der Waals surface area contributed by atoms with Gasteiger partial charge >= 0.3 is 0 Å². The third-order valence-corrected chi connectivity index (χ3v) is 6.22. The number of thiazole rings is 1. The monoisotopic (exact) mass is 272 g/mol. The summed E-state index contributed by atoms with van der Waals surface area (Å²) < 4.78 is 0. The lowest BCUT2D eigenvalue weighted by Gasteiger charge is -2.19. The number of imide groups is 1. The normalized spacial score (nSPS) is 40.5. The summed E-state index contributed by atoms with van der Waals surface area (Å²) in [4.78, 5) is 30.7. The van der Waals surface area contributed by atoms with Crippen molar-refractivity contribution < 1.29 is 9.59 Å². The number of allylic oxidation sites excluding steroid dienone is 2. The number of hydrogen-bond acceptors (Lipinski definition) is 4. The number of hydrogen-bond donors (Lipinski definition) is 0. The maximum absolute atomic E-state index is 12.6. The van der Waals surface area contributed by atoms with Gasteiger partial charge in [-0.25, -0.2) is 9.88 Å². The minimum Gasteiger partial charge on any atom is -0.274 e. The molecular weight excluding hydrogens is 260 g/mol. The van der Waals surface area contributed by atoms with Gasteiger partial charge in [-0.2, -0.15) is 0 Å². The minimum absolute atomic E-state index is 0.0203. The van der Waals surface area contributed by atoms with Crippen LogP contribution < -0.4 is 4.90 Å². The van der Waals surface area contributed by atoms with E-state index < -0.39 is 0 Å². The molecule has 0 radical (unpaired) electrons. The summed E-state index contributed by atoms with van der Waals surface area (Å²) in [5.41, 5.74) is 0.273. The van der Waals surface area contributed by atoms with E-state index in [9.17, 15) is 9.59 Å². The van der Waals surface area contributed by atoms with Crippen molar-refractivity contribution in [2.75, 3.05) is 4.90 Å². The second kappa shape index (κ2) is 2.98. The summed E-state index contributed by atoms with van der Waals surface area (Å²) in [7, 11) is 0. The third kappa shape index (κ3) is 0.982. The van der Waals surface area contributed by atoms with Crippen LogP contribution in [-0.4, -0.2) is 16.8 Å². The van der Waals surface area contributed by atoms with Gasteiger partial charge in [-0.1, -0.05) is 12.2 Å². The summed E-state index contributed by atoms with van der Waals surface area (Å²) in [6.07, 6.45) is 8.38. The SMILES string of the molecule is O=C1[C@H]2[C@H](C(=O)N1c1nccs1)[C@H]1C=C[C@H]2C12CC2. The Balaban J connectivity index is 1.62. The molecule has 0 aromatic carbocycles. The zero-order chi connectivity index (χ0) is 12.8. The second-order valence-corrected chi connectivity index (χ2v) is 6.92. The fourth-order valence-corrected chi connectivity index (χ4v) is 5.24. The Hall–Kier alpha value is -1.49. The molecule has 3 aliphatic carbocycles. The lowest BCUT2D eigenvalue weighted by Crippen LogP contribution is -2.34. The fourth-order valence-electron chi connectivity index (χ4n) is 4.59. The van der Waals surface area contributed by atoms with Gasteiger partial charge in [0.15, 0.2) is 5.13 Å². The van der Waals surface area contributed by atoms with E-state index in [1.54, 1.807) is 11.6 Å². The van der Waals surface area contributed by atoms with Gasteiger partial charge in [-0.05, 0) is 30.1 Å². The van der Waals surface area contributed by atoms with E-state index in [1.807, 2.05) is 0 Å². The Kier molecular flexibility index (Phi) is 1.62. The first-order valence-corrected chi connectivity index (χ1v) is 7.58. The average Bonchev–Trinajstić information content (AvgIpc) is 2.70. The van der Waals surface area contributed by atoms with Gasteiger partial charge in [0.2, 0.25) is 11.8 Å². The lowest BCUT2D eigenvalue weighted by atomic mass is 9.85. The largest absolute Gasteiger partial charge is 0.274 e. The summed E-state index contributed by atoms with van der Waals surface area (Å²) in [6.45, 7) is 0. The molecule has 4 atom stereocenters. The number of rotatable bonds is 1. The maximum atomic E-state index is 12.6. The Morgan fingerprint density at radius 2 is 1.79 bits per heavy atom. The number of aromatic nitrogens is 1. The van der Waals surface area contributed by atoms with Gasteiger partial charge in [0.1, 0.15) is 0 Å². The third-order valence-electron chi connectivity index (χ3n) is 5.46. The number of fused-ring (bicyclic) bond motifs is 3. The molecule has 5 heteroatoms. The van der Waals surface area contributed by atoms with E-state index in [1.165, 1.54) is 29.1 Å². The summed E-state index contributed by atoms with van der Waals surface area (Å²) in [5, 5.41) is 2.34. The molecule has 4 aliphatic rings. The van der Waals surface area contributed by atoms with Gasteiger partial charge in [-0.3, -0.25) is 9.59 Å². The lowest BCUT2D eigenvalue weighted by molar-refractivity contribution is -0.123. The van der Waals surface area contributed by atoms with Crippen molar-refractivity contribution in [3.63, 3.8) is 0 Å². The van der Waals surface area contributed by atoms with Gasteiger partial charge in [-0.15, -0.1) is 11.3 Å². The van der Waals surface area contributed by atoms with Gasteiger partial charge in [0, 0.05) is 11.6 Å². The van der Waals surface area contributed by atoms with E-state index in [0.29, 0.717) is 17.0 Å². The van der Waals surface area contributed by atoms with E-state index >= 15 is 0 Å². The van der Waals surface area contributed by atoms with Crippen LogP contribution in [0.1, 0.15) is 12.8 Å². The predicted octanol–water partition coefficient (Wildman–Crippen LogP) is 1.84. The molecule has 3 fully saturated rings. The summed E-state index contributed by atoms with van der Waals surface area (Å²) in [5.74, 6) is 0.316. The first-order valence-electron chi connectivity index (χ1n) is 6.70. The van der Waals surface area contributed by atoms with Crippen LogP contribution in [0.2, 0.25) is 0 Å². The molecule has 4 nitrogen and oxygen atoms in total. The van der Waals surface area contributed by atoms with Gasteiger partial charge in [0.05, 0.1) is 11.8 Å². The smallest absolute Gasteiger partial charge is 0.240 e. The molecule has 1 saturated heterocycles. The quantitative estimate of drug-likeness (QED) is 0.579. The van der Waals surface area contributed by atoms with Crippen LogP contribution in [0.3, 0.4) is 0 Å². The molecule has 2 bridgehead atoms. The molecule has 1 aromatic rings. The average molecular weight is 272 g/mol. The molecular formula is C14H12N2O2S. The van der Waals surface area contributed by atoms with Crippen molar-refractivity contribution in [2.45, 2.75) is 12.8 Å². The minimum atomic E-state index is -0.117. The van der Waals surface area contributed by atoms with Crippen LogP contribution in [0.25, 0.3) is 0 Å². The van der Waals surface area contributed by atoms with Crippen LogP contribution in [0.4, 0.5) is 5.13 Å². The Morgan fingerprint density at radius 3 is 2.26 bits per heavy atom. The van der Waals surface area contributed by atoms with Crippen LogP contribution in [0, 0.1) is 29.1 Å². The van der Waals surface area contributed by atoms with Crippen LogP contribution in [0.15, 0.2) is 23.7 Å². The van der Waals surface area contributed by atoms with Crippen molar-refractivity contribution in [1.82, 2.24) is 4.98 Å². The highest BCUT2D eigenvalue weighted by Crippen LogP contribution is 2.73. The zero-order valence-electron chi connectivity index (χ0n) is 10.2. The summed E-state index contributed by atoms with van der Waals surface area (Å²) >= 11 is 1.36. The standard InChI is InChI=1S/C14H12N2O2S/c17-11-9-7-1-2-8(14(7)3-4-14)10(9)12(18)16(11)13-15-5-6-19-13/h1-2,5-10H,3-4H2/t7-,8-,9-,10-/m1/s1. The van der Waals surface area contributed by atoms with Crippen molar-refractivity contribution >= 4 is 28.3 Å². The number of carbonyl (C=O) groups is 2. The highest BCUT2D eigenvalue weighted by Gasteiger charge is 2.73. The van der Waals surface area contributed by atoms with Gasteiger partial charge in [0.25, 0.3) is 0 Å². The molecule has 2 heterocycles. The molecule has 96 valence electrons. The van der Waals surface area contributed by atoms with E-state index in [4.69, 9.17) is 0 Å². The van der Waals surface area contributed by atoms with E-state index in [2.05, 4.69) is 17.1 Å². The first-order chi connectivity index (χ1) is 9.24. The first kappa shape index (κ1) is 10.3. The van der Waals surface area contributed by atoms with E-state index in [0.717, 1.165) is 0 Å². The molecule has 0 N–H and O–H groups in total.